The van der Waals surface area contributed by atoms with E-state index in [4.69, 9.17) is 14.2 Å². The summed E-state index contributed by atoms with van der Waals surface area (Å²) in [6, 6.07) is 9.43. The van der Waals surface area contributed by atoms with Gasteiger partial charge in [-0.05, 0) is 17.7 Å². The summed E-state index contributed by atoms with van der Waals surface area (Å²) >= 11 is 0. The predicted octanol–water partition coefficient (Wildman–Crippen LogP) is 3.20. The number of halogens is 3. The Labute approximate surface area is 191 Å². The number of aromatic nitrogens is 2. The SMILES string of the molecule is O=C(Nc1cccc(Cc2nn(-c3cc(F)c(F)c(F)c3)ccc2=O)c1)OCC1COCCO1. The molecule has 0 aliphatic carbocycles. The Kier molecular flexibility index (Phi) is 7.24. The quantitative estimate of drug-likeness (QED) is 0.551. The summed E-state index contributed by atoms with van der Waals surface area (Å²) in [6.45, 7) is 1.34. The molecule has 8 nitrogen and oxygen atoms in total. The zero-order chi connectivity index (χ0) is 24.1. The average Bonchev–Trinajstić information content (AvgIpc) is 2.83. The average molecular weight is 475 g/mol. The third-order valence-electron chi connectivity index (χ3n) is 4.94. The van der Waals surface area contributed by atoms with Gasteiger partial charge in [0.05, 0.1) is 25.5 Å². The molecule has 1 aliphatic heterocycles. The standard InChI is InChI=1S/C23H20F3N3O5/c24-18-10-16(11-19(25)22(18)26)29-5-4-21(30)20(28-29)9-14-2-1-3-15(8-14)27-23(31)34-13-17-12-32-6-7-33-17/h1-5,8,10-11,17H,6-7,9,12-13H2,(H,27,31). The first-order chi connectivity index (χ1) is 16.4. The van der Waals surface area contributed by atoms with Gasteiger partial charge in [-0.1, -0.05) is 12.1 Å². The van der Waals surface area contributed by atoms with E-state index >= 15 is 0 Å². The van der Waals surface area contributed by atoms with E-state index in [1.807, 2.05) is 0 Å². The van der Waals surface area contributed by atoms with E-state index in [1.165, 1.54) is 12.3 Å². The second kappa shape index (κ2) is 10.5. The van der Waals surface area contributed by atoms with Gasteiger partial charge in [-0.3, -0.25) is 10.1 Å². The lowest BCUT2D eigenvalue weighted by Crippen LogP contribution is -2.33. The molecular formula is C23H20F3N3O5. The molecule has 34 heavy (non-hydrogen) atoms. The summed E-state index contributed by atoms with van der Waals surface area (Å²) < 4.78 is 57.3. The van der Waals surface area contributed by atoms with Crippen molar-refractivity contribution in [3.63, 3.8) is 0 Å². The number of nitrogens with zero attached hydrogens (tertiary/aromatic N) is 2. The maximum absolute atomic E-state index is 13.6. The fourth-order valence-corrected chi connectivity index (χ4v) is 3.30. The summed E-state index contributed by atoms with van der Waals surface area (Å²) in [4.78, 5) is 24.4. The van der Waals surface area contributed by atoms with E-state index < -0.39 is 29.0 Å². The maximum Gasteiger partial charge on any atom is 0.411 e. The molecule has 1 aromatic heterocycles. The van der Waals surface area contributed by atoms with E-state index in [2.05, 4.69) is 10.4 Å². The van der Waals surface area contributed by atoms with Gasteiger partial charge in [0.25, 0.3) is 0 Å². The third-order valence-corrected chi connectivity index (χ3v) is 4.94. The number of nitrogens with one attached hydrogen (secondary N) is 1. The van der Waals surface area contributed by atoms with E-state index in [1.54, 1.807) is 24.3 Å². The van der Waals surface area contributed by atoms with Crippen molar-refractivity contribution in [2.24, 2.45) is 0 Å². The van der Waals surface area contributed by atoms with Crippen LogP contribution >= 0.6 is 0 Å². The molecule has 1 unspecified atom stereocenters. The van der Waals surface area contributed by atoms with Gasteiger partial charge >= 0.3 is 6.09 Å². The molecule has 1 aliphatic rings. The van der Waals surface area contributed by atoms with E-state index in [0.717, 1.165) is 16.8 Å². The number of ether oxygens (including phenoxy) is 3. The maximum atomic E-state index is 13.6. The topological polar surface area (TPSA) is 91.7 Å². The van der Waals surface area contributed by atoms with Crippen LogP contribution in [-0.2, 0) is 20.6 Å². The van der Waals surface area contributed by atoms with Crippen molar-refractivity contribution in [3.8, 4) is 5.69 Å². The Morgan fingerprint density at radius 1 is 1.15 bits per heavy atom. The first-order valence-electron chi connectivity index (χ1n) is 10.3. The molecule has 0 spiro atoms. The molecular weight excluding hydrogens is 455 g/mol. The summed E-state index contributed by atoms with van der Waals surface area (Å²) in [5, 5.41) is 6.73. The number of anilines is 1. The summed E-state index contributed by atoms with van der Waals surface area (Å²) in [5.41, 5.74) is 0.680. The molecule has 1 atom stereocenters. The molecule has 3 aromatic rings. The second-order valence-electron chi connectivity index (χ2n) is 7.46. The molecule has 2 aromatic carbocycles. The molecule has 0 bridgehead atoms. The summed E-state index contributed by atoms with van der Waals surface area (Å²) in [6.07, 6.45) is 0.309. The molecule has 1 N–H and O–H groups in total. The largest absolute Gasteiger partial charge is 0.446 e. The van der Waals surface area contributed by atoms with Crippen LogP contribution in [0, 0.1) is 17.5 Å². The Morgan fingerprint density at radius 2 is 1.94 bits per heavy atom. The molecule has 178 valence electrons. The molecule has 1 fully saturated rings. The lowest BCUT2D eigenvalue weighted by molar-refractivity contribution is -0.105. The predicted molar refractivity (Wildman–Crippen MR) is 114 cm³/mol. The molecule has 1 saturated heterocycles. The van der Waals surface area contributed by atoms with Crippen molar-refractivity contribution >= 4 is 11.8 Å². The van der Waals surface area contributed by atoms with E-state index in [-0.39, 0.29) is 30.5 Å². The second-order valence-corrected chi connectivity index (χ2v) is 7.46. The van der Waals surface area contributed by atoms with Crippen molar-refractivity contribution < 1.29 is 32.2 Å². The highest BCUT2D eigenvalue weighted by atomic mass is 19.2. The van der Waals surface area contributed by atoms with Crippen LogP contribution in [0.4, 0.5) is 23.7 Å². The zero-order valence-electron chi connectivity index (χ0n) is 17.8. The van der Waals surface area contributed by atoms with Gasteiger partial charge in [-0.15, -0.1) is 0 Å². The van der Waals surface area contributed by atoms with Gasteiger partial charge in [-0.2, -0.15) is 5.10 Å². The minimum absolute atomic E-state index is 0.0452. The smallest absolute Gasteiger partial charge is 0.411 e. The Morgan fingerprint density at radius 3 is 2.68 bits per heavy atom. The number of amides is 1. The fraction of sp³-hybridized carbons (Fsp3) is 0.261. The monoisotopic (exact) mass is 475 g/mol. The van der Waals surface area contributed by atoms with Gasteiger partial charge in [0.2, 0.25) is 5.43 Å². The van der Waals surface area contributed by atoms with Gasteiger partial charge in [-0.25, -0.2) is 22.6 Å². The van der Waals surface area contributed by atoms with E-state index in [0.29, 0.717) is 31.1 Å². The highest BCUT2D eigenvalue weighted by molar-refractivity contribution is 5.84. The van der Waals surface area contributed by atoms with Crippen LogP contribution in [0.2, 0.25) is 0 Å². The van der Waals surface area contributed by atoms with Crippen LogP contribution in [0.3, 0.4) is 0 Å². The Hall–Kier alpha value is -3.70. The molecule has 4 rings (SSSR count). The van der Waals surface area contributed by atoms with E-state index in [9.17, 15) is 22.8 Å². The summed E-state index contributed by atoms with van der Waals surface area (Å²) in [7, 11) is 0. The first-order valence-corrected chi connectivity index (χ1v) is 10.3. The molecule has 1 amide bonds. The lowest BCUT2D eigenvalue weighted by atomic mass is 10.1. The minimum Gasteiger partial charge on any atom is -0.446 e. The number of carbonyl (C=O) groups excluding carboxylic acids is 1. The first kappa shape index (κ1) is 23.5. The van der Waals surface area contributed by atoms with Gasteiger partial charge in [0.15, 0.2) is 17.5 Å². The van der Waals surface area contributed by atoms with Gasteiger partial charge in [0, 0.05) is 36.5 Å². The van der Waals surface area contributed by atoms with Crippen LogP contribution in [0.5, 0.6) is 0 Å². The van der Waals surface area contributed by atoms with Crippen LogP contribution in [0.15, 0.2) is 53.5 Å². The Balaban J connectivity index is 1.45. The van der Waals surface area contributed by atoms with Crippen LogP contribution in [-0.4, -0.2) is 48.4 Å². The van der Waals surface area contributed by atoms with Crippen molar-refractivity contribution in [3.05, 3.63) is 87.6 Å². The fourth-order valence-electron chi connectivity index (χ4n) is 3.30. The molecule has 0 saturated carbocycles. The zero-order valence-corrected chi connectivity index (χ0v) is 17.8. The van der Waals surface area contributed by atoms with Crippen LogP contribution in [0.25, 0.3) is 5.69 Å². The number of hydrogen-bond donors (Lipinski definition) is 1. The number of carbonyl (C=O) groups is 1. The minimum atomic E-state index is -1.59. The lowest BCUT2D eigenvalue weighted by Gasteiger charge is -2.22. The van der Waals surface area contributed by atoms with Crippen molar-refractivity contribution in [2.45, 2.75) is 12.5 Å². The normalized spacial score (nSPS) is 15.7. The summed E-state index contributed by atoms with van der Waals surface area (Å²) in [5.74, 6) is -4.33. The third kappa shape index (κ3) is 5.80. The number of rotatable bonds is 6. The molecule has 11 heteroatoms. The molecule has 2 heterocycles. The van der Waals surface area contributed by atoms with Crippen molar-refractivity contribution in [1.29, 1.82) is 0 Å². The van der Waals surface area contributed by atoms with Crippen molar-refractivity contribution in [1.82, 2.24) is 9.78 Å². The van der Waals surface area contributed by atoms with Gasteiger partial charge < -0.3 is 14.2 Å². The van der Waals surface area contributed by atoms with Crippen LogP contribution in [0.1, 0.15) is 11.3 Å². The number of benzene rings is 2. The van der Waals surface area contributed by atoms with Crippen molar-refractivity contribution in [2.75, 3.05) is 31.7 Å². The Bertz CT molecular complexity index is 1220. The van der Waals surface area contributed by atoms with Crippen LogP contribution < -0.4 is 10.7 Å². The highest BCUT2D eigenvalue weighted by Crippen LogP contribution is 2.17. The highest BCUT2D eigenvalue weighted by Gasteiger charge is 2.17. The van der Waals surface area contributed by atoms with Gasteiger partial charge in [0.1, 0.15) is 18.4 Å². The molecule has 0 radical (unpaired) electrons. The number of hydrogen-bond acceptors (Lipinski definition) is 6.